The molecular weight excluding hydrogens is 467 g/mol. The van der Waals surface area contributed by atoms with Crippen molar-refractivity contribution in [3.63, 3.8) is 0 Å². The molecule has 194 valence electrons. The number of carbonyl (C=O) groups excluding carboxylic acids is 4. The zero-order valence-electron chi connectivity index (χ0n) is 20.4. The molecule has 1 aromatic rings. The minimum Gasteiger partial charge on any atom is -0.535 e. The highest BCUT2D eigenvalue weighted by Crippen LogP contribution is 2.37. The van der Waals surface area contributed by atoms with Crippen molar-refractivity contribution in [3.8, 4) is 5.75 Å². The summed E-state index contributed by atoms with van der Waals surface area (Å²) in [6, 6.07) is 4.94. The van der Waals surface area contributed by atoms with Gasteiger partial charge in [-0.3, -0.25) is 9.59 Å². The Morgan fingerprint density at radius 2 is 1.81 bits per heavy atom. The molecule has 3 aliphatic rings. The smallest absolute Gasteiger partial charge is 0.526 e. The van der Waals surface area contributed by atoms with Gasteiger partial charge in [0, 0.05) is 31.5 Å². The summed E-state index contributed by atoms with van der Waals surface area (Å²) < 4.78 is 20.8. The fraction of sp³-hybridized carbons (Fsp3) is 0.615. The largest absolute Gasteiger partial charge is 0.535 e. The van der Waals surface area contributed by atoms with E-state index in [4.69, 9.17) is 18.9 Å². The van der Waals surface area contributed by atoms with E-state index in [0.29, 0.717) is 31.2 Å². The molecule has 0 aromatic heterocycles. The van der Waals surface area contributed by atoms with Crippen molar-refractivity contribution in [2.45, 2.75) is 89.0 Å². The Morgan fingerprint density at radius 1 is 1.00 bits per heavy atom. The quantitative estimate of drug-likeness (QED) is 0.318. The van der Waals surface area contributed by atoms with Gasteiger partial charge >= 0.3 is 19.2 Å². The van der Waals surface area contributed by atoms with Crippen LogP contribution >= 0.6 is 0 Å². The molecule has 2 fully saturated rings. The molecule has 0 amide bonds. The second kappa shape index (κ2) is 12.4. The standard InChI is InChI=1S/C26H33BO9/c28-20-8-4-6-17(12-20)13-21(29)15-19-14-18-7-5-11-23(24(18)36-27(19)32)25(30)33-16-34-26(31)35-22-9-2-1-3-10-22/h5,7,11,17,19,22,32H,1-4,6,8-10,12-16H2/t17?,19-/m1/s1. The van der Waals surface area contributed by atoms with Crippen molar-refractivity contribution in [1.82, 2.24) is 0 Å². The molecule has 9 nitrogen and oxygen atoms in total. The van der Waals surface area contributed by atoms with Gasteiger partial charge in [0.25, 0.3) is 0 Å². The van der Waals surface area contributed by atoms with E-state index in [1.165, 1.54) is 6.07 Å². The van der Waals surface area contributed by atoms with Gasteiger partial charge in [-0.1, -0.05) is 18.6 Å². The van der Waals surface area contributed by atoms with E-state index >= 15 is 0 Å². The molecule has 0 bridgehead atoms. The lowest BCUT2D eigenvalue weighted by Crippen LogP contribution is -2.36. The first kappa shape index (κ1) is 26.2. The summed E-state index contributed by atoms with van der Waals surface area (Å²) in [5.41, 5.74) is 0.777. The number of benzene rings is 1. The molecule has 0 radical (unpaired) electrons. The first-order chi connectivity index (χ1) is 17.4. The molecule has 1 aromatic carbocycles. The van der Waals surface area contributed by atoms with E-state index in [-0.39, 0.29) is 41.3 Å². The zero-order valence-corrected chi connectivity index (χ0v) is 20.4. The molecule has 1 unspecified atom stereocenters. The molecule has 36 heavy (non-hydrogen) atoms. The topological polar surface area (TPSA) is 125 Å². The van der Waals surface area contributed by atoms with Crippen LogP contribution in [0.2, 0.25) is 5.82 Å². The van der Waals surface area contributed by atoms with Crippen molar-refractivity contribution in [1.29, 1.82) is 0 Å². The Kier molecular flexibility index (Phi) is 9.01. The SMILES string of the molecule is O=C1CCCC(CC(=O)C[C@H]2Cc3cccc(C(=O)OCOC(=O)OC4CCCCC4)c3OB2O)C1. The van der Waals surface area contributed by atoms with Gasteiger partial charge in [-0.25, -0.2) is 9.59 Å². The van der Waals surface area contributed by atoms with E-state index in [1.807, 2.05) is 0 Å². The fourth-order valence-corrected chi connectivity index (χ4v) is 5.37. The first-order valence-corrected chi connectivity index (χ1v) is 12.9. The van der Waals surface area contributed by atoms with Crippen LogP contribution in [0, 0.1) is 5.92 Å². The molecule has 10 heteroatoms. The molecule has 2 aliphatic carbocycles. The number of ether oxygens (including phenoxy) is 3. The number of Topliss-reactive ketones (excluding diaryl/α,β-unsaturated/α-hetero) is 2. The minimum atomic E-state index is -1.26. The Labute approximate surface area is 210 Å². The predicted molar refractivity (Wildman–Crippen MR) is 128 cm³/mol. The molecule has 1 N–H and O–H groups in total. The van der Waals surface area contributed by atoms with Crippen molar-refractivity contribution in [2.75, 3.05) is 6.79 Å². The van der Waals surface area contributed by atoms with Gasteiger partial charge in [0.05, 0.1) is 0 Å². The molecule has 1 aliphatic heterocycles. The summed E-state index contributed by atoms with van der Waals surface area (Å²) in [6.07, 6.45) is 7.28. The van der Waals surface area contributed by atoms with Crippen LogP contribution in [0.3, 0.4) is 0 Å². The summed E-state index contributed by atoms with van der Waals surface area (Å²) in [5, 5.41) is 10.6. The predicted octanol–water partition coefficient (Wildman–Crippen LogP) is 4.18. The first-order valence-electron chi connectivity index (χ1n) is 12.9. The summed E-state index contributed by atoms with van der Waals surface area (Å²) in [4.78, 5) is 48.7. The van der Waals surface area contributed by atoms with Crippen molar-refractivity contribution in [2.24, 2.45) is 5.92 Å². The molecule has 2 saturated carbocycles. The van der Waals surface area contributed by atoms with Crippen LogP contribution < -0.4 is 4.65 Å². The maximum Gasteiger partial charge on any atom is 0.526 e. The van der Waals surface area contributed by atoms with Crippen LogP contribution in [-0.2, 0) is 30.2 Å². The fourth-order valence-electron chi connectivity index (χ4n) is 5.37. The van der Waals surface area contributed by atoms with Crippen LogP contribution in [-0.4, -0.2) is 48.7 Å². The van der Waals surface area contributed by atoms with Crippen molar-refractivity contribution >= 4 is 30.8 Å². The van der Waals surface area contributed by atoms with E-state index < -0.39 is 31.9 Å². The third kappa shape index (κ3) is 7.09. The van der Waals surface area contributed by atoms with E-state index in [9.17, 15) is 24.2 Å². The van der Waals surface area contributed by atoms with Gasteiger partial charge in [0.15, 0.2) is 0 Å². The number of fused-ring (bicyclic) bond motifs is 1. The van der Waals surface area contributed by atoms with Crippen LogP contribution in [0.5, 0.6) is 5.75 Å². The van der Waals surface area contributed by atoms with Gasteiger partial charge in [0.1, 0.15) is 29.0 Å². The average molecular weight is 500 g/mol. The number of rotatable bonds is 8. The van der Waals surface area contributed by atoms with Crippen molar-refractivity contribution < 1.29 is 43.1 Å². The maximum atomic E-state index is 12.6. The Balaban J connectivity index is 1.27. The Morgan fingerprint density at radius 3 is 2.58 bits per heavy atom. The average Bonchev–Trinajstić information content (AvgIpc) is 2.84. The molecule has 0 saturated heterocycles. The van der Waals surface area contributed by atoms with Gasteiger partial charge in [0.2, 0.25) is 6.79 Å². The van der Waals surface area contributed by atoms with Crippen molar-refractivity contribution in [3.05, 3.63) is 29.3 Å². The summed E-state index contributed by atoms with van der Waals surface area (Å²) in [7, 11) is -1.26. The van der Waals surface area contributed by atoms with Gasteiger partial charge in [-0.2, -0.15) is 0 Å². The molecule has 0 spiro atoms. The molecule has 4 rings (SSSR count). The summed E-state index contributed by atoms with van der Waals surface area (Å²) >= 11 is 0. The Bertz CT molecular complexity index is 972. The highest BCUT2D eigenvalue weighted by atomic mass is 16.8. The molecular formula is C26H33BO9. The highest BCUT2D eigenvalue weighted by Gasteiger charge is 2.38. The summed E-state index contributed by atoms with van der Waals surface area (Å²) in [6.45, 7) is -0.600. The number of hydrogen-bond donors (Lipinski definition) is 1. The Hall–Kier alpha value is -2.88. The lowest BCUT2D eigenvalue weighted by molar-refractivity contribution is -0.123. The number of ketones is 2. The second-order valence-electron chi connectivity index (χ2n) is 10.0. The second-order valence-corrected chi connectivity index (χ2v) is 10.0. The third-order valence-corrected chi connectivity index (χ3v) is 7.21. The summed E-state index contributed by atoms with van der Waals surface area (Å²) in [5.74, 6) is -0.731. The van der Waals surface area contributed by atoms with Crippen LogP contribution in [0.4, 0.5) is 4.79 Å². The van der Waals surface area contributed by atoms with E-state index in [0.717, 1.165) is 44.9 Å². The number of esters is 1. The van der Waals surface area contributed by atoms with E-state index in [2.05, 4.69) is 0 Å². The third-order valence-electron chi connectivity index (χ3n) is 7.21. The van der Waals surface area contributed by atoms with Gasteiger partial charge in [-0.15, -0.1) is 0 Å². The van der Waals surface area contributed by atoms with E-state index in [1.54, 1.807) is 12.1 Å². The molecule has 1 heterocycles. The number of para-hydroxylation sites is 1. The van der Waals surface area contributed by atoms with Gasteiger partial charge in [-0.05, 0) is 62.5 Å². The van der Waals surface area contributed by atoms with Crippen LogP contribution in [0.25, 0.3) is 0 Å². The maximum absolute atomic E-state index is 12.6. The monoisotopic (exact) mass is 500 g/mol. The zero-order chi connectivity index (χ0) is 25.5. The lowest BCUT2D eigenvalue weighted by Gasteiger charge is -2.28. The number of carbonyl (C=O) groups is 4. The van der Waals surface area contributed by atoms with Crippen LogP contribution in [0.1, 0.15) is 86.6 Å². The van der Waals surface area contributed by atoms with Gasteiger partial charge < -0.3 is 23.9 Å². The molecule has 2 atom stereocenters. The lowest BCUT2D eigenvalue weighted by atomic mass is 9.64. The highest BCUT2D eigenvalue weighted by molar-refractivity contribution is 6.47. The minimum absolute atomic E-state index is 0.00127. The number of hydrogen-bond acceptors (Lipinski definition) is 9. The van der Waals surface area contributed by atoms with Crippen LogP contribution in [0.15, 0.2) is 18.2 Å². The normalized spacial score (nSPS) is 22.2.